The number of fused-ring (bicyclic) bond motifs is 3. The summed E-state index contributed by atoms with van der Waals surface area (Å²) >= 11 is 0. The van der Waals surface area contributed by atoms with Crippen molar-refractivity contribution in [2.45, 2.75) is 38.8 Å². The lowest BCUT2D eigenvalue weighted by Crippen LogP contribution is -2.36. The molecule has 0 spiro atoms. The highest BCUT2D eigenvalue weighted by Gasteiger charge is 2.39. The van der Waals surface area contributed by atoms with Crippen LogP contribution in [0.4, 0.5) is 5.69 Å². The number of nitrogens with one attached hydrogen (secondary N) is 1. The Balaban J connectivity index is 1.79. The molecule has 1 N–H and O–H groups in total. The summed E-state index contributed by atoms with van der Waals surface area (Å²) in [6, 6.07) is 15.9. The lowest BCUT2D eigenvalue weighted by Gasteiger charge is -2.43. The molecule has 4 rings (SSSR count). The molecular formula is C20H23NO. The predicted molar refractivity (Wildman–Crippen MR) is 90.1 cm³/mol. The minimum Gasteiger partial charge on any atom is -0.378 e. The van der Waals surface area contributed by atoms with Crippen molar-refractivity contribution < 1.29 is 4.74 Å². The molecule has 2 aromatic carbocycles. The molecule has 2 aliphatic rings. The fourth-order valence-corrected chi connectivity index (χ4v) is 3.98. The van der Waals surface area contributed by atoms with Gasteiger partial charge in [-0.3, -0.25) is 0 Å². The largest absolute Gasteiger partial charge is 0.378 e. The Bertz CT molecular complexity index is 694. The molecule has 2 aromatic rings. The van der Waals surface area contributed by atoms with Crippen molar-refractivity contribution in [1.82, 2.24) is 0 Å². The average Bonchev–Trinajstić information content (AvgIpc) is 2.54. The van der Waals surface area contributed by atoms with E-state index < -0.39 is 0 Å². The number of hydrogen-bond donors (Lipinski definition) is 1. The van der Waals surface area contributed by atoms with E-state index in [1.165, 1.54) is 34.4 Å². The Morgan fingerprint density at radius 3 is 2.77 bits per heavy atom. The summed E-state index contributed by atoms with van der Waals surface area (Å²) in [5, 5.41) is 3.79. The third-order valence-corrected chi connectivity index (χ3v) is 5.02. The van der Waals surface area contributed by atoms with E-state index in [1.54, 1.807) is 0 Å². The lowest BCUT2D eigenvalue weighted by atomic mass is 9.77. The molecule has 0 amide bonds. The molecule has 0 aromatic heterocycles. The van der Waals surface area contributed by atoms with Gasteiger partial charge in [-0.1, -0.05) is 47.5 Å². The van der Waals surface area contributed by atoms with Crippen molar-refractivity contribution in [3.05, 3.63) is 64.7 Å². The highest BCUT2D eigenvalue weighted by Crippen LogP contribution is 2.49. The minimum atomic E-state index is 0.232. The van der Waals surface area contributed by atoms with Crippen LogP contribution in [0.2, 0.25) is 0 Å². The first kappa shape index (κ1) is 13.8. The number of hydrogen-bond acceptors (Lipinski definition) is 2. The van der Waals surface area contributed by atoms with Gasteiger partial charge in [0, 0.05) is 23.8 Å². The molecule has 0 saturated carbocycles. The van der Waals surface area contributed by atoms with Gasteiger partial charge in [-0.15, -0.1) is 0 Å². The molecule has 2 heterocycles. The molecular weight excluding hydrogens is 270 g/mol. The molecule has 0 radical (unpaired) electrons. The maximum atomic E-state index is 6.21. The van der Waals surface area contributed by atoms with E-state index in [0.29, 0.717) is 12.0 Å². The zero-order chi connectivity index (χ0) is 15.1. The maximum Gasteiger partial charge on any atom is 0.0895 e. The van der Waals surface area contributed by atoms with Crippen LogP contribution in [0.5, 0.6) is 0 Å². The molecule has 3 unspecified atom stereocenters. The maximum absolute atomic E-state index is 6.21. The zero-order valence-electron chi connectivity index (χ0n) is 13.3. The summed E-state index contributed by atoms with van der Waals surface area (Å²) < 4.78 is 6.21. The van der Waals surface area contributed by atoms with E-state index >= 15 is 0 Å². The van der Waals surface area contributed by atoms with Gasteiger partial charge in [0.1, 0.15) is 0 Å². The summed E-state index contributed by atoms with van der Waals surface area (Å²) in [5.74, 6) is 0.518. The fraction of sp³-hybridized carbons (Fsp3) is 0.400. The number of anilines is 1. The minimum absolute atomic E-state index is 0.232. The van der Waals surface area contributed by atoms with Gasteiger partial charge in [-0.05, 0) is 38.3 Å². The molecule has 0 aliphatic carbocycles. The fourth-order valence-electron chi connectivity index (χ4n) is 3.98. The Labute approximate surface area is 132 Å². The lowest BCUT2D eigenvalue weighted by molar-refractivity contribution is -0.0381. The van der Waals surface area contributed by atoms with Crippen molar-refractivity contribution in [3.63, 3.8) is 0 Å². The second-order valence-electron chi connectivity index (χ2n) is 6.72. The normalized spacial score (nSPS) is 26.7. The standard InChI is InChI=1S/C20H23NO/c1-13-5-3-6-15(11-13)19-16-7-4-10-22-20(16)17-12-14(2)8-9-18(17)21-19/h3,5-6,8-9,11-12,16,19-21H,4,7,10H2,1-2H3. The van der Waals surface area contributed by atoms with Gasteiger partial charge >= 0.3 is 0 Å². The van der Waals surface area contributed by atoms with Crippen molar-refractivity contribution in [3.8, 4) is 0 Å². The third kappa shape index (κ3) is 2.32. The first-order valence-electron chi connectivity index (χ1n) is 8.27. The second kappa shape index (κ2) is 5.44. The van der Waals surface area contributed by atoms with Gasteiger partial charge < -0.3 is 10.1 Å². The quantitative estimate of drug-likeness (QED) is 0.804. The van der Waals surface area contributed by atoms with E-state index in [9.17, 15) is 0 Å². The molecule has 3 atom stereocenters. The number of ether oxygens (including phenoxy) is 1. The van der Waals surface area contributed by atoms with Gasteiger partial charge in [0.15, 0.2) is 0 Å². The summed E-state index contributed by atoms with van der Waals surface area (Å²) in [5.41, 5.74) is 6.59. The molecule has 22 heavy (non-hydrogen) atoms. The molecule has 0 bridgehead atoms. The molecule has 2 nitrogen and oxygen atoms in total. The first-order chi connectivity index (χ1) is 10.7. The van der Waals surface area contributed by atoms with Crippen molar-refractivity contribution in [2.75, 3.05) is 11.9 Å². The van der Waals surface area contributed by atoms with Crippen LogP contribution in [-0.4, -0.2) is 6.61 Å². The van der Waals surface area contributed by atoms with Gasteiger partial charge in [0.25, 0.3) is 0 Å². The molecule has 2 aliphatic heterocycles. The molecule has 2 heteroatoms. The summed E-state index contributed by atoms with van der Waals surface area (Å²) in [7, 11) is 0. The van der Waals surface area contributed by atoms with Crippen molar-refractivity contribution in [1.29, 1.82) is 0 Å². The number of aryl methyl sites for hydroxylation is 2. The van der Waals surface area contributed by atoms with Gasteiger partial charge in [-0.25, -0.2) is 0 Å². The Hall–Kier alpha value is -1.80. The van der Waals surface area contributed by atoms with Crippen LogP contribution < -0.4 is 5.32 Å². The topological polar surface area (TPSA) is 21.3 Å². The van der Waals surface area contributed by atoms with Gasteiger partial charge in [0.2, 0.25) is 0 Å². The van der Waals surface area contributed by atoms with Crippen LogP contribution in [0.15, 0.2) is 42.5 Å². The van der Waals surface area contributed by atoms with E-state index in [1.807, 2.05) is 0 Å². The zero-order valence-corrected chi connectivity index (χ0v) is 13.3. The SMILES string of the molecule is Cc1cccc(C2Nc3ccc(C)cc3C3OCCCC23)c1. The van der Waals surface area contributed by atoms with Crippen molar-refractivity contribution >= 4 is 5.69 Å². The average molecular weight is 293 g/mol. The van der Waals surface area contributed by atoms with E-state index in [-0.39, 0.29) is 6.10 Å². The van der Waals surface area contributed by atoms with Crippen LogP contribution in [0.25, 0.3) is 0 Å². The van der Waals surface area contributed by atoms with Crippen LogP contribution >= 0.6 is 0 Å². The van der Waals surface area contributed by atoms with Crippen molar-refractivity contribution in [2.24, 2.45) is 5.92 Å². The van der Waals surface area contributed by atoms with Crippen LogP contribution in [0.3, 0.4) is 0 Å². The Kier molecular flexibility index (Phi) is 3.42. The van der Waals surface area contributed by atoms with Gasteiger partial charge in [-0.2, -0.15) is 0 Å². The predicted octanol–water partition coefficient (Wildman–Crippen LogP) is 4.94. The Morgan fingerprint density at radius 2 is 1.91 bits per heavy atom. The van der Waals surface area contributed by atoms with Crippen LogP contribution in [-0.2, 0) is 4.74 Å². The third-order valence-electron chi connectivity index (χ3n) is 5.02. The highest BCUT2D eigenvalue weighted by atomic mass is 16.5. The van der Waals surface area contributed by atoms with Crippen LogP contribution in [0, 0.1) is 19.8 Å². The summed E-state index contributed by atoms with van der Waals surface area (Å²) in [6.07, 6.45) is 2.62. The highest BCUT2D eigenvalue weighted by molar-refractivity contribution is 5.58. The second-order valence-corrected chi connectivity index (χ2v) is 6.72. The monoisotopic (exact) mass is 293 g/mol. The van der Waals surface area contributed by atoms with E-state index in [0.717, 1.165) is 13.0 Å². The first-order valence-corrected chi connectivity index (χ1v) is 8.27. The van der Waals surface area contributed by atoms with Crippen LogP contribution in [0.1, 0.15) is 47.2 Å². The number of benzene rings is 2. The van der Waals surface area contributed by atoms with E-state index in [2.05, 4.69) is 61.6 Å². The summed E-state index contributed by atoms with van der Waals surface area (Å²) in [6.45, 7) is 5.21. The summed E-state index contributed by atoms with van der Waals surface area (Å²) in [4.78, 5) is 0. The molecule has 1 fully saturated rings. The molecule has 114 valence electrons. The molecule has 1 saturated heterocycles. The number of rotatable bonds is 1. The van der Waals surface area contributed by atoms with Gasteiger partial charge in [0.05, 0.1) is 12.1 Å². The van der Waals surface area contributed by atoms with E-state index in [4.69, 9.17) is 4.74 Å². The smallest absolute Gasteiger partial charge is 0.0895 e. The Morgan fingerprint density at radius 1 is 1.05 bits per heavy atom.